The predicted octanol–water partition coefficient (Wildman–Crippen LogP) is 1.40. The van der Waals surface area contributed by atoms with Gasteiger partial charge in [0.25, 0.3) is 0 Å². The lowest BCUT2D eigenvalue weighted by Gasteiger charge is -2.29. The van der Waals surface area contributed by atoms with Gasteiger partial charge in [-0.15, -0.1) is 0 Å². The topological polar surface area (TPSA) is 70.1 Å². The van der Waals surface area contributed by atoms with Gasteiger partial charge in [0.05, 0.1) is 6.54 Å². The number of rotatable bonds is 4. The van der Waals surface area contributed by atoms with Crippen molar-refractivity contribution in [1.29, 1.82) is 0 Å². The highest BCUT2D eigenvalue weighted by Crippen LogP contribution is 2.18. The molecule has 1 N–H and O–H groups in total. The van der Waals surface area contributed by atoms with Crippen LogP contribution in [0.3, 0.4) is 0 Å². The van der Waals surface area contributed by atoms with Crippen LogP contribution in [0.15, 0.2) is 0 Å². The molecule has 0 spiro atoms. The molecule has 1 rings (SSSR count). The third-order valence-electron chi connectivity index (χ3n) is 3.03. The van der Waals surface area contributed by atoms with Crippen LogP contribution >= 0.6 is 0 Å². The van der Waals surface area contributed by atoms with E-state index >= 15 is 0 Å². The van der Waals surface area contributed by atoms with Crippen molar-refractivity contribution in [3.63, 3.8) is 0 Å². The number of hydrogen-bond donors (Lipinski definition) is 1. The maximum Gasteiger partial charge on any atom is 0.410 e. The molecular weight excluding hydrogens is 248 g/mol. The van der Waals surface area contributed by atoms with Crippen molar-refractivity contribution in [3.8, 4) is 0 Å². The van der Waals surface area contributed by atoms with E-state index in [0.717, 1.165) is 19.4 Å². The number of hydrogen-bond acceptors (Lipinski definition) is 4. The van der Waals surface area contributed by atoms with Crippen molar-refractivity contribution in [2.24, 2.45) is 0 Å². The molecule has 19 heavy (non-hydrogen) atoms. The summed E-state index contributed by atoms with van der Waals surface area (Å²) in [6.45, 7) is 6.79. The number of likely N-dealkylation sites (N-methyl/N-ethyl adjacent to an activating group) is 1. The fraction of sp³-hybridized carbons (Fsp3) is 0.846. The molecular formula is C13H24N2O4. The fourth-order valence-corrected chi connectivity index (χ4v) is 2.21. The van der Waals surface area contributed by atoms with E-state index in [1.165, 1.54) is 4.90 Å². The fourth-order valence-electron chi connectivity index (χ4n) is 2.21. The molecule has 1 heterocycles. The monoisotopic (exact) mass is 272 g/mol. The standard InChI is InChI=1S/C13H24N2O4/c1-13(2,3)19-12(18)14(4)8-10-6-5-7-15(10)9-11(16)17/h10H,5-9H2,1-4H3,(H,16,17)/t10-/m1/s1. The minimum absolute atomic E-state index is 0.0345. The smallest absolute Gasteiger partial charge is 0.410 e. The minimum atomic E-state index is -0.827. The van der Waals surface area contributed by atoms with Crippen molar-refractivity contribution in [3.05, 3.63) is 0 Å². The number of carbonyl (C=O) groups is 2. The van der Waals surface area contributed by atoms with Crippen molar-refractivity contribution in [2.75, 3.05) is 26.7 Å². The summed E-state index contributed by atoms with van der Waals surface area (Å²) in [5.74, 6) is -0.827. The second-order valence-electron chi connectivity index (χ2n) is 6.02. The first-order chi connectivity index (χ1) is 8.69. The zero-order valence-corrected chi connectivity index (χ0v) is 12.2. The number of carboxylic acids is 1. The highest BCUT2D eigenvalue weighted by Gasteiger charge is 2.29. The maximum atomic E-state index is 11.8. The minimum Gasteiger partial charge on any atom is -0.480 e. The van der Waals surface area contributed by atoms with Crippen LogP contribution < -0.4 is 0 Å². The molecule has 0 radical (unpaired) electrons. The van der Waals surface area contributed by atoms with E-state index < -0.39 is 11.6 Å². The van der Waals surface area contributed by atoms with Gasteiger partial charge in [0, 0.05) is 19.6 Å². The molecule has 0 saturated carbocycles. The Morgan fingerprint density at radius 1 is 1.42 bits per heavy atom. The van der Waals surface area contributed by atoms with E-state index in [1.54, 1.807) is 7.05 Å². The Balaban J connectivity index is 2.49. The molecule has 1 amide bonds. The number of nitrogens with zero attached hydrogens (tertiary/aromatic N) is 2. The van der Waals surface area contributed by atoms with E-state index in [9.17, 15) is 9.59 Å². The van der Waals surface area contributed by atoms with Crippen molar-refractivity contribution < 1.29 is 19.4 Å². The highest BCUT2D eigenvalue weighted by molar-refractivity contribution is 5.69. The zero-order valence-electron chi connectivity index (χ0n) is 12.2. The summed E-state index contributed by atoms with van der Waals surface area (Å²) >= 11 is 0. The summed E-state index contributed by atoms with van der Waals surface area (Å²) in [7, 11) is 1.69. The van der Waals surface area contributed by atoms with Gasteiger partial charge in [-0.25, -0.2) is 4.79 Å². The first-order valence-corrected chi connectivity index (χ1v) is 6.59. The van der Waals surface area contributed by atoms with Crippen LogP contribution in [0.1, 0.15) is 33.6 Å². The van der Waals surface area contributed by atoms with Crippen LogP contribution in [-0.2, 0) is 9.53 Å². The number of ether oxygens (including phenoxy) is 1. The number of carboxylic acid groups (broad SMARTS) is 1. The second-order valence-corrected chi connectivity index (χ2v) is 6.02. The molecule has 1 atom stereocenters. The predicted molar refractivity (Wildman–Crippen MR) is 71.1 cm³/mol. The van der Waals surface area contributed by atoms with E-state index in [2.05, 4.69) is 0 Å². The van der Waals surface area contributed by atoms with E-state index in [1.807, 2.05) is 25.7 Å². The number of likely N-dealkylation sites (tertiary alicyclic amines) is 1. The van der Waals surface area contributed by atoms with Gasteiger partial charge in [-0.2, -0.15) is 0 Å². The molecule has 1 saturated heterocycles. The Kier molecular flexibility index (Phi) is 5.17. The average Bonchev–Trinajstić information content (AvgIpc) is 2.62. The van der Waals surface area contributed by atoms with E-state index in [0.29, 0.717) is 6.54 Å². The van der Waals surface area contributed by atoms with Crippen LogP contribution in [-0.4, -0.2) is 65.3 Å². The Bertz CT molecular complexity index is 338. The molecule has 0 unspecified atom stereocenters. The highest BCUT2D eigenvalue weighted by atomic mass is 16.6. The van der Waals surface area contributed by atoms with Crippen molar-refractivity contribution >= 4 is 12.1 Å². The molecule has 6 heteroatoms. The number of aliphatic carboxylic acids is 1. The largest absolute Gasteiger partial charge is 0.480 e. The van der Waals surface area contributed by atoms with Gasteiger partial charge in [-0.05, 0) is 40.2 Å². The van der Waals surface area contributed by atoms with Crippen molar-refractivity contribution in [1.82, 2.24) is 9.80 Å². The molecule has 0 aromatic carbocycles. The number of amides is 1. The first-order valence-electron chi connectivity index (χ1n) is 6.59. The summed E-state index contributed by atoms with van der Waals surface area (Å²) in [5, 5.41) is 8.84. The molecule has 110 valence electrons. The first kappa shape index (κ1) is 15.8. The summed E-state index contributed by atoms with van der Waals surface area (Å²) in [4.78, 5) is 26.0. The molecule has 6 nitrogen and oxygen atoms in total. The molecule has 0 aliphatic carbocycles. The van der Waals surface area contributed by atoms with Crippen molar-refractivity contribution in [2.45, 2.75) is 45.3 Å². The van der Waals surface area contributed by atoms with Gasteiger partial charge in [0.15, 0.2) is 0 Å². The van der Waals surface area contributed by atoms with Crippen LogP contribution in [0.5, 0.6) is 0 Å². The van der Waals surface area contributed by atoms with E-state index in [4.69, 9.17) is 9.84 Å². The van der Waals surface area contributed by atoms with Gasteiger partial charge in [0.2, 0.25) is 0 Å². The Hall–Kier alpha value is -1.30. The molecule has 1 aliphatic heterocycles. The van der Waals surface area contributed by atoms with Gasteiger partial charge in [-0.1, -0.05) is 0 Å². The second kappa shape index (κ2) is 6.23. The SMILES string of the molecule is CN(C[C@H]1CCCN1CC(=O)O)C(=O)OC(C)(C)C. The number of carbonyl (C=O) groups excluding carboxylic acids is 1. The van der Waals surface area contributed by atoms with Gasteiger partial charge >= 0.3 is 12.1 Å². The molecule has 1 aliphatic rings. The van der Waals surface area contributed by atoms with E-state index in [-0.39, 0.29) is 18.7 Å². The lowest BCUT2D eigenvalue weighted by molar-refractivity contribution is -0.138. The molecule has 0 bridgehead atoms. The molecule has 0 aromatic heterocycles. The lowest BCUT2D eigenvalue weighted by atomic mass is 10.2. The van der Waals surface area contributed by atoms with Crippen LogP contribution in [0, 0.1) is 0 Å². The summed E-state index contributed by atoms with van der Waals surface area (Å²) in [5.41, 5.74) is -0.512. The Morgan fingerprint density at radius 2 is 2.05 bits per heavy atom. The average molecular weight is 272 g/mol. The normalized spacial score (nSPS) is 20.3. The van der Waals surface area contributed by atoms with Gasteiger partial charge < -0.3 is 14.7 Å². The summed E-state index contributed by atoms with van der Waals surface area (Å²) < 4.78 is 5.28. The van der Waals surface area contributed by atoms with Crippen LogP contribution in [0.2, 0.25) is 0 Å². The third kappa shape index (κ3) is 5.46. The quantitative estimate of drug-likeness (QED) is 0.837. The molecule has 1 fully saturated rings. The summed E-state index contributed by atoms with van der Waals surface area (Å²) in [6.07, 6.45) is 1.52. The summed E-state index contributed by atoms with van der Waals surface area (Å²) in [6, 6.07) is 0.105. The zero-order chi connectivity index (χ0) is 14.6. The van der Waals surface area contributed by atoms with Gasteiger partial charge in [-0.3, -0.25) is 9.69 Å². The Labute approximate surface area is 114 Å². The van der Waals surface area contributed by atoms with Crippen LogP contribution in [0.4, 0.5) is 4.79 Å². The van der Waals surface area contributed by atoms with Crippen LogP contribution in [0.25, 0.3) is 0 Å². The molecule has 0 aromatic rings. The third-order valence-corrected chi connectivity index (χ3v) is 3.03. The lowest BCUT2D eigenvalue weighted by Crippen LogP contribution is -2.44. The maximum absolute atomic E-state index is 11.8. The Morgan fingerprint density at radius 3 is 2.58 bits per heavy atom. The van der Waals surface area contributed by atoms with Gasteiger partial charge in [0.1, 0.15) is 5.60 Å².